The van der Waals surface area contributed by atoms with E-state index in [-0.39, 0.29) is 24.8 Å². The second-order valence-corrected chi connectivity index (χ2v) is 5.12. The van der Waals surface area contributed by atoms with E-state index in [1.807, 2.05) is 18.2 Å². The number of hydrogen-bond acceptors (Lipinski definition) is 2. The molecule has 0 saturated heterocycles. The molecule has 0 unspecified atom stereocenters. The Morgan fingerprint density at radius 3 is 2.25 bits per heavy atom. The molecule has 1 fully saturated rings. The Bertz CT molecular complexity index is 505. The van der Waals surface area contributed by atoms with Gasteiger partial charge in [0.15, 0.2) is 0 Å². The standard InChI is InChI=1S/C15H19N3.2ClH/c16-13-6-8-14(9-7-13)18-11-10-15(17-18)12-4-2-1-3-5-12;;/h1-5,10-11,13-14H,6-9,16H2;2*1H. The number of hydrogen-bond donors (Lipinski definition) is 1. The van der Waals surface area contributed by atoms with Crippen molar-refractivity contribution in [1.29, 1.82) is 0 Å². The molecule has 1 aromatic heterocycles. The van der Waals surface area contributed by atoms with E-state index in [0.29, 0.717) is 12.1 Å². The summed E-state index contributed by atoms with van der Waals surface area (Å²) < 4.78 is 2.12. The minimum absolute atomic E-state index is 0. The maximum absolute atomic E-state index is 5.94. The molecule has 2 aromatic rings. The van der Waals surface area contributed by atoms with Crippen molar-refractivity contribution in [2.24, 2.45) is 5.73 Å². The third kappa shape index (κ3) is 3.75. The first-order chi connectivity index (χ1) is 8.83. The first-order valence-electron chi connectivity index (χ1n) is 6.69. The Kier molecular flexibility index (Phi) is 6.53. The fourth-order valence-electron chi connectivity index (χ4n) is 2.67. The fraction of sp³-hybridized carbons (Fsp3) is 0.400. The number of nitrogens with zero attached hydrogens (tertiary/aromatic N) is 2. The molecule has 0 bridgehead atoms. The van der Waals surface area contributed by atoms with Gasteiger partial charge in [-0.05, 0) is 31.7 Å². The lowest BCUT2D eigenvalue weighted by molar-refractivity contribution is 0.305. The normalized spacial score (nSPS) is 21.6. The molecule has 1 saturated carbocycles. The van der Waals surface area contributed by atoms with Crippen molar-refractivity contribution in [3.05, 3.63) is 42.6 Å². The van der Waals surface area contributed by atoms with Crippen molar-refractivity contribution in [2.75, 3.05) is 0 Å². The van der Waals surface area contributed by atoms with Gasteiger partial charge < -0.3 is 5.73 Å². The molecular formula is C15H21Cl2N3. The molecular weight excluding hydrogens is 293 g/mol. The summed E-state index contributed by atoms with van der Waals surface area (Å²) in [6, 6.07) is 13.4. The minimum atomic E-state index is 0. The molecule has 110 valence electrons. The molecule has 0 atom stereocenters. The van der Waals surface area contributed by atoms with E-state index in [2.05, 4.69) is 29.1 Å². The molecule has 5 heteroatoms. The van der Waals surface area contributed by atoms with E-state index < -0.39 is 0 Å². The molecule has 1 aliphatic carbocycles. The summed E-state index contributed by atoms with van der Waals surface area (Å²) in [5.74, 6) is 0. The second kappa shape index (κ2) is 7.67. The average Bonchev–Trinajstić information content (AvgIpc) is 2.90. The van der Waals surface area contributed by atoms with Crippen LogP contribution in [0.25, 0.3) is 11.3 Å². The monoisotopic (exact) mass is 313 g/mol. The van der Waals surface area contributed by atoms with Crippen molar-refractivity contribution in [3.8, 4) is 11.3 Å². The van der Waals surface area contributed by atoms with Crippen molar-refractivity contribution < 1.29 is 0 Å². The van der Waals surface area contributed by atoms with Gasteiger partial charge in [-0.25, -0.2) is 0 Å². The Morgan fingerprint density at radius 2 is 1.60 bits per heavy atom. The highest BCUT2D eigenvalue weighted by Gasteiger charge is 2.20. The summed E-state index contributed by atoms with van der Waals surface area (Å²) in [6.07, 6.45) is 6.63. The van der Waals surface area contributed by atoms with Crippen LogP contribution in [-0.2, 0) is 0 Å². The number of aromatic nitrogens is 2. The zero-order chi connectivity index (χ0) is 12.4. The van der Waals surface area contributed by atoms with Gasteiger partial charge in [-0.3, -0.25) is 4.68 Å². The average molecular weight is 314 g/mol. The lowest BCUT2D eigenvalue weighted by Crippen LogP contribution is -2.28. The zero-order valence-electron chi connectivity index (χ0n) is 11.3. The third-order valence-corrected chi connectivity index (χ3v) is 3.79. The van der Waals surface area contributed by atoms with Crippen LogP contribution in [0.3, 0.4) is 0 Å². The first kappa shape index (κ1) is 17.0. The van der Waals surface area contributed by atoms with Crippen LogP contribution >= 0.6 is 24.8 Å². The van der Waals surface area contributed by atoms with Crippen LogP contribution < -0.4 is 5.73 Å². The summed E-state index contributed by atoms with van der Waals surface area (Å²) in [5.41, 5.74) is 8.19. The third-order valence-electron chi connectivity index (χ3n) is 3.79. The Morgan fingerprint density at radius 1 is 0.950 bits per heavy atom. The van der Waals surface area contributed by atoms with E-state index in [1.165, 1.54) is 5.56 Å². The van der Waals surface area contributed by atoms with Crippen molar-refractivity contribution in [3.63, 3.8) is 0 Å². The van der Waals surface area contributed by atoms with Crippen LogP contribution in [0.5, 0.6) is 0 Å². The molecule has 0 radical (unpaired) electrons. The molecule has 0 spiro atoms. The first-order valence-corrected chi connectivity index (χ1v) is 6.69. The maximum Gasteiger partial charge on any atom is 0.0923 e. The molecule has 0 aliphatic heterocycles. The van der Waals surface area contributed by atoms with E-state index in [1.54, 1.807) is 0 Å². The summed E-state index contributed by atoms with van der Waals surface area (Å²) >= 11 is 0. The van der Waals surface area contributed by atoms with Crippen LogP contribution in [0.4, 0.5) is 0 Å². The summed E-state index contributed by atoms with van der Waals surface area (Å²) in [7, 11) is 0. The number of halogens is 2. The highest BCUT2D eigenvalue weighted by Crippen LogP contribution is 2.28. The number of benzene rings is 1. The largest absolute Gasteiger partial charge is 0.328 e. The Hall–Kier alpha value is -1.03. The second-order valence-electron chi connectivity index (χ2n) is 5.12. The van der Waals surface area contributed by atoms with Crippen LogP contribution in [0.15, 0.2) is 42.6 Å². The lowest BCUT2D eigenvalue weighted by Gasteiger charge is -2.26. The molecule has 1 aliphatic rings. The molecule has 20 heavy (non-hydrogen) atoms. The zero-order valence-corrected chi connectivity index (χ0v) is 12.9. The molecule has 1 aromatic carbocycles. The molecule has 3 nitrogen and oxygen atoms in total. The van der Waals surface area contributed by atoms with Gasteiger partial charge in [0, 0.05) is 17.8 Å². The van der Waals surface area contributed by atoms with Gasteiger partial charge in [-0.2, -0.15) is 5.10 Å². The highest BCUT2D eigenvalue weighted by atomic mass is 35.5. The minimum Gasteiger partial charge on any atom is -0.328 e. The smallest absolute Gasteiger partial charge is 0.0923 e. The van der Waals surface area contributed by atoms with Crippen LogP contribution in [0.1, 0.15) is 31.7 Å². The van der Waals surface area contributed by atoms with Gasteiger partial charge >= 0.3 is 0 Å². The van der Waals surface area contributed by atoms with Gasteiger partial charge in [0.2, 0.25) is 0 Å². The Balaban J connectivity index is 0.000001000. The Labute approximate surface area is 132 Å². The van der Waals surface area contributed by atoms with E-state index in [9.17, 15) is 0 Å². The number of rotatable bonds is 2. The summed E-state index contributed by atoms with van der Waals surface area (Å²) in [4.78, 5) is 0. The van der Waals surface area contributed by atoms with Crippen LogP contribution in [0.2, 0.25) is 0 Å². The van der Waals surface area contributed by atoms with Gasteiger partial charge in [-0.15, -0.1) is 24.8 Å². The van der Waals surface area contributed by atoms with Crippen LogP contribution in [-0.4, -0.2) is 15.8 Å². The van der Waals surface area contributed by atoms with Crippen molar-refractivity contribution >= 4 is 24.8 Å². The maximum atomic E-state index is 5.94. The fourth-order valence-corrected chi connectivity index (χ4v) is 2.67. The van der Waals surface area contributed by atoms with E-state index in [0.717, 1.165) is 31.4 Å². The highest BCUT2D eigenvalue weighted by molar-refractivity contribution is 5.85. The van der Waals surface area contributed by atoms with Gasteiger partial charge in [-0.1, -0.05) is 30.3 Å². The van der Waals surface area contributed by atoms with Crippen molar-refractivity contribution in [2.45, 2.75) is 37.8 Å². The lowest BCUT2D eigenvalue weighted by atomic mass is 9.92. The molecule has 0 amide bonds. The van der Waals surface area contributed by atoms with Gasteiger partial charge in [0.05, 0.1) is 11.7 Å². The van der Waals surface area contributed by atoms with Gasteiger partial charge in [0.1, 0.15) is 0 Å². The van der Waals surface area contributed by atoms with Crippen molar-refractivity contribution in [1.82, 2.24) is 9.78 Å². The molecule has 3 rings (SSSR count). The molecule has 1 heterocycles. The van der Waals surface area contributed by atoms with Crippen LogP contribution in [0, 0.1) is 0 Å². The van der Waals surface area contributed by atoms with Gasteiger partial charge in [0.25, 0.3) is 0 Å². The SMILES string of the molecule is Cl.Cl.NC1CCC(n2ccc(-c3ccccc3)n2)CC1. The summed E-state index contributed by atoms with van der Waals surface area (Å²) in [5, 5.41) is 4.71. The predicted molar refractivity (Wildman–Crippen MR) is 87.6 cm³/mol. The quantitative estimate of drug-likeness (QED) is 0.915. The van der Waals surface area contributed by atoms with E-state index in [4.69, 9.17) is 10.8 Å². The topological polar surface area (TPSA) is 43.8 Å². The predicted octanol–water partition coefficient (Wildman–Crippen LogP) is 3.84. The summed E-state index contributed by atoms with van der Waals surface area (Å²) in [6.45, 7) is 0. The molecule has 2 N–H and O–H groups in total. The number of nitrogens with two attached hydrogens (primary N) is 1. The van der Waals surface area contributed by atoms with E-state index >= 15 is 0 Å².